The second-order valence-electron chi connectivity index (χ2n) is 12.5. The second kappa shape index (κ2) is 28.2. The fourth-order valence-corrected chi connectivity index (χ4v) is 6.07. The van der Waals surface area contributed by atoms with Gasteiger partial charge in [-0.25, -0.2) is 4.79 Å². The number of aliphatic hydroxyl groups excluding tert-OH is 1. The van der Waals surface area contributed by atoms with Gasteiger partial charge in [-0.2, -0.15) is 0 Å². The van der Waals surface area contributed by atoms with Gasteiger partial charge in [-0.1, -0.05) is 162 Å². The number of carboxylic acid groups (broad SMARTS) is 2. The smallest absolute Gasteiger partial charge is 0.329 e. The van der Waals surface area contributed by atoms with E-state index in [-0.39, 0.29) is 25.8 Å². The van der Waals surface area contributed by atoms with E-state index in [0.717, 1.165) is 38.5 Å². The summed E-state index contributed by atoms with van der Waals surface area (Å²) in [5.41, 5.74) is -1.59. The van der Waals surface area contributed by atoms with E-state index in [1.807, 2.05) is 0 Å². The van der Waals surface area contributed by atoms with Crippen LogP contribution in [0.1, 0.15) is 187 Å². The van der Waals surface area contributed by atoms with Gasteiger partial charge in [-0.15, -0.1) is 0 Å². The minimum absolute atomic E-state index is 0.139. The fourth-order valence-electron chi connectivity index (χ4n) is 6.07. The molecule has 0 heterocycles. The molecular weight excluding hydrogens is 530 g/mol. The Labute approximate surface area is 258 Å². The maximum absolute atomic E-state index is 12.8. The molecule has 0 aromatic rings. The average molecular weight is 598 g/mol. The van der Waals surface area contributed by atoms with E-state index < -0.39 is 30.0 Å². The molecule has 7 nitrogen and oxygen atoms in total. The number of hydrogen-bond donors (Lipinski definition) is 3. The van der Waals surface area contributed by atoms with Gasteiger partial charge in [-0.05, 0) is 19.3 Å². The highest BCUT2D eigenvalue weighted by molar-refractivity contribution is 5.88. The van der Waals surface area contributed by atoms with E-state index in [9.17, 15) is 29.7 Å². The number of carbonyl (C=O) groups is 3. The molecule has 0 unspecified atom stereocenters. The van der Waals surface area contributed by atoms with Gasteiger partial charge >= 0.3 is 11.9 Å². The fraction of sp³-hybridized carbons (Fsp3) is 0.914. The van der Waals surface area contributed by atoms with Gasteiger partial charge < -0.3 is 20.2 Å². The summed E-state index contributed by atoms with van der Waals surface area (Å²) in [7, 11) is 0. The molecule has 0 rings (SSSR count). The highest BCUT2D eigenvalue weighted by atomic mass is 16.4. The van der Waals surface area contributed by atoms with E-state index in [0.29, 0.717) is 12.8 Å². The number of aliphatic carboxylic acids is 2. The monoisotopic (exact) mass is 597 g/mol. The zero-order valence-electron chi connectivity index (χ0n) is 27.5. The third-order valence-electron chi connectivity index (χ3n) is 8.78. The summed E-state index contributed by atoms with van der Waals surface area (Å²) >= 11 is 0. The summed E-state index contributed by atoms with van der Waals surface area (Å²) in [4.78, 5) is 38.2. The van der Waals surface area contributed by atoms with E-state index in [1.54, 1.807) is 0 Å². The lowest BCUT2D eigenvalue weighted by Gasteiger charge is -2.41. The first-order valence-electron chi connectivity index (χ1n) is 17.7. The van der Waals surface area contributed by atoms with Crippen LogP contribution in [0.2, 0.25) is 0 Å². The van der Waals surface area contributed by atoms with Crippen LogP contribution in [0.5, 0.6) is 0 Å². The van der Waals surface area contributed by atoms with Gasteiger partial charge in [0.1, 0.15) is 12.1 Å². The molecular formula is C35H67NO6. The second-order valence-corrected chi connectivity index (χ2v) is 12.5. The summed E-state index contributed by atoms with van der Waals surface area (Å²) in [6.07, 6.45) is 27.6. The van der Waals surface area contributed by atoms with Gasteiger partial charge in [0.05, 0.1) is 0 Å². The average Bonchev–Trinajstić information content (AvgIpc) is 2.97. The van der Waals surface area contributed by atoms with Gasteiger partial charge in [0.15, 0.2) is 0 Å². The van der Waals surface area contributed by atoms with Gasteiger partial charge in [-0.3, -0.25) is 9.59 Å². The van der Waals surface area contributed by atoms with Crippen LogP contribution in [-0.2, 0) is 14.4 Å². The Morgan fingerprint density at radius 2 is 0.881 bits per heavy atom. The number of unbranched alkanes of at least 4 members (excludes halogenated alkanes) is 22. The number of amides is 1. The topological polar surface area (TPSA) is 115 Å². The van der Waals surface area contributed by atoms with Crippen LogP contribution in [0.3, 0.4) is 0 Å². The standard InChI is InChI=1S/C35H67NO6/c1-3-5-7-9-11-13-15-17-19-21-23-25-28-35(34(41)42,29-27-33(39)40)36(32(38)31-37)30-26-24-22-20-18-16-14-12-10-8-6-4-2/h37H,3-31H2,1-2H3,(H,39,40)(H,41,42)/t35-/m0/s1. The lowest BCUT2D eigenvalue weighted by atomic mass is 9.84. The molecule has 7 heteroatoms. The zero-order valence-corrected chi connectivity index (χ0v) is 27.5. The largest absolute Gasteiger partial charge is 0.481 e. The van der Waals surface area contributed by atoms with Crippen LogP contribution in [0.4, 0.5) is 0 Å². The summed E-state index contributed by atoms with van der Waals surface area (Å²) in [5, 5.41) is 29.4. The highest BCUT2D eigenvalue weighted by Gasteiger charge is 2.45. The van der Waals surface area contributed by atoms with Crippen LogP contribution >= 0.6 is 0 Å². The SMILES string of the molecule is CCCCCCCCCCCCCCN(C(=O)CO)[C@@](CCCCCCCCCCCCCC)(CCC(=O)O)C(=O)O. The molecule has 3 N–H and O–H groups in total. The Kier molecular flexibility index (Phi) is 27.1. The molecule has 0 aliphatic heterocycles. The Morgan fingerprint density at radius 1 is 0.524 bits per heavy atom. The molecule has 248 valence electrons. The summed E-state index contributed by atoms with van der Waals surface area (Å²) in [6, 6.07) is 0. The summed E-state index contributed by atoms with van der Waals surface area (Å²) in [5.74, 6) is -2.85. The predicted molar refractivity (Wildman–Crippen MR) is 173 cm³/mol. The van der Waals surface area contributed by atoms with Crippen LogP contribution in [0, 0.1) is 0 Å². The first-order chi connectivity index (χ1) is 20.4. The van der Waals surface area contributed by atoms with Crippen molar-refractivity contribution in [1.82, 2.24) is 4.90 Å². The molecule has 0 aromatic carbocycles. The molecule has 0 aromatic heterocycles. The van der Waals surface area contributed by atoms with Crippen LogP contribution < -0.4 is 0 Å². The maximum Gasteiger partial charge on any atom is 0.329 e. The number of rotatable bonds is 32. The minimum atomic E-state index is -1.59. The summed E-state index contributed by atoms with van der Waals surface area (Å²) < 4.78 is 0. The van der Waals surface area contributed by atoms with Gasteiger partial charge in [0, 0.05) is 13.0 Å². The number of nitrogens with zero attached hydrogens (tertiary/aromatic N) is 1. The Morgan fingerprint density at radius 3 is 1.21 bits per heavy atom. The van der Waals surface area contributed by atoms with Crippen LogP contribution in [0.15, 0.2) is 0 Å². The molecule has 0 aliphatic carbocycles. The summed E-state index contributed by atoms with van der Waals surface area (Å²) in [6.45, 7) is 3.94. The van der Waals surface area contributed by atoms with E-state index in [2.05, 4.69) is 13.8 Å². The van der Waals surface area contributed by atoms with Crippen molar-refractivity contribution < 1.29 is 29.7 Å². The molecule has 0 fully saturated rings. The number of carboxylic acids is 2. The molecule has 1 amide bonds. The molecule has 0 saturated carbocycles. The van der Waals surface area contributed by atoms with Crippen molar-refractivity contribution >= 4 is 17.8 Å². The van der Waals surface area contributed by atoms with Crippen molar-refractivity contribution in [3.63, 3.8) is 0 Å². The lowest BCUT2D eigenvalue weighted by molar-refractivity contribution is -0.163. The molecule has 42 heavy (non-hydrogen) atoms. The van der Waals surface area contributed by atoms with Crippen molar-refractivity contribution in [1.29, 1.82) is 0 Å². The number of carbonyl (C=O) groups excluding carboxylic acids is 1. The van der Waals surface area contributed by atoms with E-state index in [1.165, 1.54) is 108 Å². The van der Waals surface area contributed by atoms with Crippen molar-refractivity contribution in [3.8, 4) is 0 Å². The quantitative estimate of drug-likeness (QED) is 0.0666. The molecule has 0 spiro atoms. The molecule has 0 radical (unpaired) electrons. The van der Waals surface area contributed by atoms with Gasteiger partial charge in [0.2, 0.25) is 5.91 Å². The predicted octanol–water partition coefficient (Wildman–Crippen LogP) is 9.29. The Balaban J connectivity index is 4.73. The van der Waals surface area contributed by atoms with Crippen molar-refractivity contribution in [2.45, 2.75) is 193 Å². The third-order valence-corrected chi connectivity index (χ3v) is 8.78. The van der Waals surface area contributed by atoms with Crippen LogP contribution in [0.25, 0.3) is 0 Å². The molecule has 1 atom stereocenters. The first kappa shape index (κ1) is 40.4. The van der Waals surface area contributed by atoms with Crippen molar-refractivity contribution in [2.75, 3.05) is 13.2 Å². The lowest BCUT2D eigenvalue weighted by Crippen LogP contribution is -2.58. The molecule has 0 bridgehead atoms. The highest BCUT2D eigenvalue weighted by Crippen LogP contribution is 2.31. The van der Waals surface area contributed by atoms with Crippen LogP contribution in [-0.4, -0.2) is 56.8 Å². The first-order valence-corrected chi connectivity index (χ1v) is 17.7. The normalized spacial score (nSPS) is 12.7. The van der Waals surface area contributed by atoms with E-state index in [4.69, 9.17) is 0 Å². The van der Waals surface area contributed by atoms with Crippen molar-refractivity contribution in [2.24, 2.45) is 0 Å². The Hall–Kier alpha value is -1.63. The number of aliphatic hydroxyl groups is 1. The molecule has 0 saturated heterocycles. The Bertz CT molecular complexity index is 670. The van der Waals surface area contributed by atoms with Crippen molar-refractivity contribution in [3.05, 3.63) is 0 Å². The molecule has 0 aliphatic rings. The maximum atomic E-state index is 12.8. The number of hydrogen-bond acceptors (Lipinski definition) is 4. The minimum Gasteiger partial charge on any atom is -0.481 e. The van der Waals surface area contributed by atoms with E-state index >= 15 is 0 Å². The zero-order chi connectivity index (χ0) is 31.3. The third kappa shape index (κ3) is 20.3. The van der Waals surface area contributed by atoms with Gasteiger partial charge in [0.25, 0.3) is 0 Å².